The van der Waals surface area contributed by atoms with Gasteiger partial charge in [-0.3, -0.25) is 14.4 Å². The monoisotopic (exact) mass is 425 g/mol. The highest BCUT2D eigenvalue weighted by Crippen LogP contribution is 2.42. The van der Waals surface area contributed by atoms with Gasteiger partial charge in [0, 0.05) is 13.1 Å². The Kier molecular flexibility index (Phi) is 7.28. The van der Waals surface area contributed by atoms with Crippen molar-refractivity contribution in [2.75, 3.05) is 6.54 Å². The summed E-state index contributed by atoms with van der Waals surface area (Å²) in [7, 11) is 0. The molecule has 2 N–H and O–H groups in total. The van der Waals surface area contributed by atoms with Crippen LogP contribution in [0, 0.1) is 17.8 Å². The van der Waals surface area contributed by atoms with Gasteiger partial charge in [0.05, 0.1) is 17.8 Å². The summed E-state index contributed by atoms with van der Waals surface area (Å²) in [5.41, 5.74) is 0.894. The zero-order valence-corrected chi connectivity index (χ0v) is 17.4. The smallest absolute Gasteiger partial charge is 0.308 e. The zero-order valence-electron chi connectivity index (χ0n) is 17.4. The lowest BCUT2D eigenvalue weighted by Crippen LogP contribution is -2.53. The molecule has 1 amide bonds. The van der Waals surface area contributed by atoms with E-state index >= 15 is 0 Å². The molecule has 0 saturated heterocycles. The van der Waals surface area contributed by atoms with Crippen molar-refractivity contribution in [1.82, 2.24) is 4.90 Å². The number of nitrogens with zero attached hydrogens (tertiary/aromatic N) is 1. The van der Waals surface area contributed by atoms with E-state index in [9.17, 15) is 24.6 Å². The van der Waals surface area contributed by atoms with Gasteiger partial charge in [0.15, 0.2) is 0 Å². The van der Waals surface area contributed by atoms with Crippen LogP contribution in [0.15, 0.2) is 54.6 Å². The van der Waals surface area contributed by atoms with Gasteiger partial charge in [-0.25, -0.2) is 0 Å². The van der Waals surface area contributed by atoms with E-state index in [0.29, 0.717) is 18.8 Å². The summed E-state index contributed by atoms with van der Waals surface area (Å²) in [6.07, 6.45) is 1.74. The molecule has 2 aromatic carbocycles. The number of amides is 1. The Morgan fingerprint density at radius 3 is 2.16 bits per heavy atom. The summed E-state index contributed by atoms with van der Waals surface area (Å²) in [5, 5.41) is 18.6. The molecule has 1 aliphatic rings. The predicted molar refractivity (Wildman–Crippen MR) is 114 cm³/mol. The van der Waals surface area contributed by atoms with Gasteiger partial charge in [0.25, 0.3) is 0 Å². The molecule has 0 heterocycles. The van der Waals surface area contributed by atoms with Gasteiger partial charge in [-0.05, 0) is 42.7 Å². The average Bonchev–Trinajstić information content (AvgIpc) is 2.71. The van der Waals surface area contributed by atoms with Crippen LogP contribution in [0.2, 0.25) is 0 Å². The Hall–Kier alpha value is -3.35. The van der Waals surface area contributed by atoms with E-state index in [1.54, 1.807) is 4.90 Å². The molecule has 0 radical (unpaired) electrons. The molecule has 1 saturated carbocycles. The van der Waals surface area contributed by atoms with Crippen molar-refractivity contribution >= 4 is 17.8 Å². The fourth-order valence-electron chi connectivity index (χ4n) is 3.86. The summed E-state index contributed by atoms with van der Waals surface area (Å²) >= 11 is 0. The van der Waals surface area contributed by atoms with Crippen molar-refractivity contribution in [1.29, 1.82) is 0 Å². The highest BCUT2D eigenvalue weighted by molar-refractivity contribution is 5.91. The molecule has 3 atom stereocenters. The van der Waals surface area contributed by atoms with Crippen LogP contribution < -0.4 is 4.74 Å². The van der Waals surface area contributed by atoms with Crippen LogP contribution in [0.5, 0.6) is 11.5 Å². The standard InChI is InChI=1S/C24H27NO6/c1-2-3-13-25(22(26)19-14-20(23(27)28)21(19)24(29)30)15-16-9-11-18(12-10-16)31-17-7-5-4-6-8-17/h4-12,19-21H,2-3,13-15H2,1H3,(H,27,28)(H,29,30). The SMILES string of the molecule is CCCCN(Cc1ccc(Oc2ccccc2)cc1)C(=O)C1CC(C(=O)O)C1C(=O)O. The second kappa shape index (κ2) is 10.1. The molecule has 31 heavy (non-hydrogen) atoms. The summed E-state index contributed by atoms with van der Waals surface area (Å²) in [5.74, 6) is -4.24. The number of ether oxygens (including phenoxy) is 1. The summed E-state index contributed by atoms with van der Waals surface area (Å²) in [4.78, 5) is 37.5. The summed E-state index contributed by atoms with van der Waals surface area (Å²) in [6, 6.07) is 16.8. The minimum Gasteiger partial charge on any atom is -0.481 e. The number of benzene rings is 2. The number of para-hydroxylation sites is 1. The first-order chi connectivity index (χ1) is 14.9. The molecule has 164 valence electrons. The van der Waals surface area contributed by atoms with Gasteiger partial charge in [-0.2, -0.15) is 0 Å². The van der Waals surface area contributed by atoms with E-state index in [-0.39, 0.29) is 12.3 Å². The number of carboxylic acids is 2. The van der Waals surface area contributed by atoms with Gasteiger partial charge >= 0.3 is 11.9 Å². The quantitative estimate of drug-likeness (QED) is 0.596. The van der Waals surface area contributed by atoms with E-state index in [1.807, 2.05) is 61.5 Å². The van der Waals surface area contributed by atoms with Crippen LogP contribution in [0.3, 0.4) is 0 Å². The van der Waals surface area contributed by atoms with Crippen LogP contribution in [-0.2, 0) is 20.9 Å². The van der Waals surface area contributed by atoms with Crippen molar-refractivity contribution in [3.05, 3.63) is 60.2 Å². The number of hydrogen-bond donors (Lipinski definition) is 2. The van der Waals surface area contributed by atoms with Crippen molar-refractivity contribution < 1.29 is 29.3 Å². The molecule has 2 aromatic rings. The van der Waals surface area contributed by atoms with Crippen molar-refractivity contribution in [3.8, 4) is 11.5 Å². The maximum atomic E-state index is 13.1. The number of carboxylic acid groups (broad SMARTS) is 2. The molecule has 0 aromatic heterocycles. The highest BCUT2D eigenvalue weighted by Gasteiger charge is 2.54. The van der Waals surface area contributed by atoms with E-state index in [1.165, 1.54) is 0 Å². The fraction of sp³-hybridized carbons (Fsp3) is 0.375. The maximum Gasteiger partial charge on any atom is 0.308 e. The molecule has 7 heteroatoms. The highest BCUT2D eigenvalue weighted by atomic mass is 16.5. The van der Waals surface area contributed by atoms with Crippen LogP contribution in [0.25, 0.3) is 0 Å². The van der Waals surface area contributed by atoms with E-state index in [2.05, 4.69) is 0 Å². The molecule has 1 aliphatic carbocycles. The Morgan fingerprint density at radius 2 is 1.58 bits per heavy atom. The lowest BCUT2D eigenvalue weighted by Gasteiger charge is -2.41. The van der Waals surface area contributed by atoms with Gasteiger partial charge in [0.1, 0.15) is 11.5 Å². The van der Waals surface area contributed by atoms with Gasteiger partial charge < -0.3 is 19.8 Å². The molecule has 0 aliphatic heterocycles. The summed E-state index contributed by atoms with van der Waals surface area (Å²) < 4.78 is 5.79. The molecule has 0 spiro atoms. The van der Waals surface area contributed by atoms with Gasteiger partial charge in [-0.1, -0.05) is 43.7 Å². The first-order valence-electron chi connectivity index (χ1n) is 10.5. The molecule has 3 unspecified atom stereocenters. The molecule has 1 fully saturated rings. The first-order valence-corrected chi connectivity index (χ1v) is 10.5. The molecular weight excluding hydrogens is 398 g/mol. The number of rotatable bonds is 10. The van der Waals surface area contributed by atoms with Gasteiger partial charge in [0.2, 0.25) is 5.91 Å². The maximum absolute atomic E-state index is 13.1. The second-order valence-corrected chi connectivity index (χ2v) is 7.82. The number of carbonyl (C=O) groups is 3. The minimum absolute atomic E-state index is 0.0671. The van der Waals surface area contributed by atoms with E-state index in [4.69, 9.17) is 4.74 Å². The number of carbonyl (C=O) groups excluding carboxylic acids is 1. The van der Waals surface area contributed by atoms with Crippen LogP contribution in [0.1, 0.15) is 31.7 Å². The van der Waals surface area contributed by atoms with Crippen LogP contribution >= 0.6 is 0 Å². The Balaban J connectivity index is 1.69. The number of hydrogen-bond acceptors (Lipinski definition) is 4. The third kappa shape index (κ3) is 5.42. The average molecular weight is 425 g/mol. The molecular formula is C24H27NO6. The Morgan fingerprint density at radius 1 is 0.935 bits per heavy atom. The molecule has 0 bridgehead atoms. The van der Waals surface area contributed by atoms with Crippen molar-refractivity contribution in [3.63, 3.8) is 0 Å². The third-order valence-electron chi connectivity index (χ3n) is 5.66. The van der Waals surface area contributed by atoms with E-state index < -0.39 is 29.7 Å². The Labute approximate surface area is 181 Å². The largest absolute Gasteiger partial charge is 0.481 e. The van der Waals surface area contributed by atoms with Crippen molar-refractivity contribution in [2.45, 2.75) is 32.7 Å². The van der Waals surface area contributed by atoms with Crippen molar-refractivity contribution in [2.24, 2.45) is 17.8 Å². The molecule has 7 nitrogen and oxygen atoms in total. The van der Waals surface area contributed by atoms with Crippen LogP contribution in [0.4, 0.5) is 0 Å². The Bertz CT molecular complexity index is 911. The normalized spacial score (nSPS) is 19.8. The topological polar surface area (TPSA) is 104 Å². The minimum atomic E-state index is -1.23. The third-order valence-corrected chi connectivity index (χ3v) is 5.66. The number of aliphatic carboxylic acids is 2. The van der Waals surface area contributed by atoms with Gasteiger partial charge in [-0.15, -0.1) is 0 Å². The fourth-order valence-corrected chi connectivity index (χ4v) is 3.86. The zero-order chi connectivity index (χ0) is 22.4. The summed E-state index contributed by atoms with van der Waals surface area (Å²) in [6.45, 7) is 2.85. The number of unbranched alkanes of at least 4 members (excludes halogenated alkanes) is 1. The predicted octanol–water partition coefficient (Wildman–Crippen LogP) is 4.03. The lowest BCUT2D eigenvalue weighted by atomic mass is 9.64. The second-order valence-electron chi connectivity index (χ2n) is 7.82. The lowest BCUT2D eigenvalue weighted by molar-refractivity contribution is -0.172. The van der Waals surface area contributed by atoms with Crippen LogP contribution in [-0.4, -0.2) is 39.5 Å². The van der Waals surface area contributed by atoms with E-state index in [0.717, 1.165) is 24.2 Å². The first kappa shape index (κ1) is 22.3. The molecule has 3 rings (SSSR count).